The average Bonchev–Trinajstić information content (AvgIpc) is 3.20. The largest absolute Gasteiger partial charge is 0.301 e. The maximum absolute atomic E-state index is 4.33. The zero-order valence-corrected chi connectivity index (χ0v) is 13.4. The fourth-order valence-corrected chi connectivity index (χ4v) is 4.43. The summed E-state index contributed by atoms with van der Waals surface area (Å²) in [7, 11) is 2.22. The molecule has 1 saturated carbocycles. The Balaban J connectivity index is 1.31. The zero-order valence-electron chi connectivity index (χ0n) is 12.5. The summed E-state index contributed by atoms with van der Waals surface area (Å²) in [6.45, 7) is 4.71. The summed E-state index contributed by atoms with van der Waals surface area (Å²) in [4.78, 5) is 5.13. The van der Waals surface area contributed by atoms with Crippen molar-refractivity contribution in [2.75, 3.05) is 26.7 Å². The number of rotatable bonds is 5. The third-order valence-corrected chi connectivity index (χ3v) is 5.62. The third kappa shape index (κ3) is 2.82. The monoisotopic (exact) mass is 302 g/mol. The Kier molecular flexibility index (Phi) is 3.65. The lowest BCUT2D eigenvalue weighted by Crippen LogP contribution is -2.38. The Morgan fingerprint density at radius 2 is 2.19 bits per heavy atom. The van der Waals surface area contributed by atoms with Crippen molar-refractivity contribution < 1.29 is 0 Å². The molecule has 2 aliphatic rings. The second-order valence-electron chi connectivity index (χ2n) is 6.65. The van der Waals surface area contributed by atoms with Gasteiger partial charge in [0.1, 0.15) is 11.0 Å². The van der Waals surface area contributed by atoms with E-state index in [9.17, 15) is 0 Å². The van der Waals surface area contributed by atoms with E-state index in [1.807, 2.05) is 0 Å². The van der Waals surface area contributed by atoms with Crippen molar-refractivity contribution in [3.63, 3.8) is 0 Å². The Labute approximate surface area is 130 Å². The normalized spacial score (nSPS) is 25.4. The summed E-state index contributed by atoms with van der Waals surface area (Å²) in [5.41, 5.74) is 3.38. The molecule has 4 rings (SSSR count). The van der Waals surface area contributed by atoms with Gasteiger partial charge in [-0.15, -0.1) is 0 Å². The van der Waals surface area contributed by atoms with E-state index in [4.69, 9.17) is 0 Å². The van der Waals surface area contributed by atoms with Crippen molar-refractivity contribution in [1.29, 1.82) is 0 Å². The molecule has 2 fully saturated rings. The van der Waals surface area contributed by atoms with E-state index in [1.54, 1.807) is 0 Å². The highest BCUT2D eigenvalue weighted by molar-refractivity contribution is 7.00. The maximum Gasteiger partial charge on any atom is 0.105 e. The van der Waals surface area contributed by atoms with Crippen LogP contribution < -0.4 is 0 Å². The fourth-order valence-electron chi connectivity index (χ4n) is 3.92. The molecular weight excluding hydrogens is 280 g/mol. The minimum Gasteiger partial charge on any atom is -0.301 e. The summed E-state index contributed by atoms with van der Waals surface area (Å²) >= 11 is 1.29. The van der Waals surface area contributed by atoms with Crippen LogP contribution in [0.3, 0.4) is 0 Å². The van der Waals surface area contributed by atoms with Crippen molar-refractivity contribution in [1.82, 2.24) is 18.5 Å². The lowest BCUT2D eigenvalue weighted by molar-refractivity contribution is 0.182. The summed E-state index contributed by atoms with van der Waals surface area (Å²) in [5, 5.41) is 0. The molecule has 2 atom stereocenters. The van der Waals surface area contributed by atoms with Crippen LogP contribution in [0.4, 0.5) is 0 Å². The highest BCUT2D eigenvalue weighted by atomic mass is 32.1. The highest BCUT2D eigenvalue weighted by Gasteiger charge is 2.37. The van der Waals surface area contributed by atoms with Crippen LogP contribution in [-0.2, 0) is 6.54 Å². The molecule has 0 spiro atoms. The molecule has 4 nitrogen and oxygen atoms in total. The van der Waals surface area contributed by atoms with Gasteiger partial charge in [-0.1, -0.05) is 6.07 Å². The molecule has 1 aliphatic carbocycles. The van der Waals surface area contributed by atoms with E-state index in [-0.39, 0.29) is 0 Å². The highest BCUT2D eigenvalue weighted by Crippen LogP contribution is 2.36. The number of piperidine rings is 1. The molecule has 0 unspecified atom stereocenters. The van der Waals surface area contributed by atoms with Gasteiger partial charge in [0.25, 0.3) is 0 Å². The van der Waals surface area contributed by atoms with Crippen LogP contribution in [0.5, 0.6) is 0 Å². The minimum atomic E-state index is 0.890. The standard InChI is InChI=1S/C16H22N4S/c1-19(6-7-20-11-12-2-4-14(20)8-12)10-13-3-5-15-16(9-13)18-21-17-15/h3,5,9,12,14H,2,4,6-8,10-11H2,1H3/t12-,14+/m0/s1. The molecule has 1 saturated heterocycles. The van der Waals surface area contributed by atoms with Crippen molar-refractivity contribution in [3.05, 3.63) is 23.8 Å². The lowest BCUT2D eigenvalue weighted by atomic mass is 10.1. The molecule has 2 heterocycles. The van der Waals surface area contributed by atoms with E-state index in [0.717, 1.165) is 36.1 Å². The Morgan fingerprint density at radius 3 is 3.00 bits per heavy atom. The number of benzene rings is 1. The summed E-state index contributed by atoms with van der Waals surface area (Å²) in [5.74, 6) is 1.000. The minimum absolute atomic E-state index is 0.890. The third-order valence-electron chi connectivity index (χ3n) is 5.06. The Bertz CT molecular complexity index is 626. The fraction of sp³-hybridized carbons (Fsp3) is 0.625. The van der Waals surface area contributed by atoms with Crippen LogP contribution in [-0.4, -0.2) is 51.3 Å². The number of nitrogens with zero attached hydrogens (tertiary/aromatic N) is 4. The number of likely N-dealkylation sites (N-methyl/N-ethyl adjacent to an activating group) is 1. The maximum atomic E-state index is 4.33. The molecule has 2 aromatic rings. The second kappa shape index (κ2) is 5.63. The Hall–Kier alpha value is -1.04. The quantitative estimate of drug-likeness (QED) is 0.850. The number of aromatic nitrogens is 2. The van der Waals surface area contributed by atoms with Crippen LogP contribution in [0.2, 0.25) is 0 Å². The van der Waals surface area contributed by atoms with Crippen molar-refractivity contribution in [2.45, 2.75) is 31.8 Å². The molecule has 1 aromatic carbocycles. The topological polar surface area (TPSA) is 32.3 Å². The van der Waals surface area contributed by atoms with E-state index in [2.05, 4.69) is 43.8 Å². The second-order valence-corrected chi connectivity index (χ2v) is 7.18. The molecular formula is C16H22N4S. The van der Waals surface area contributed by atoms with Gasteiger partial charge >= 0.3 is 0 Å². The van der Waals surface area contributed by atoms with Gasteiger partial charge in [0, 0.05) is 32.2 Å². The van der Waals surface area contributed by atoms with E-state index in [1.165, 1.54) is 49.6 Å². The van der Waals surface area contributed by atoms with Crippen LogP contribution in [0.15, 0.2) is 18.2 Å². The molecule has 21 heavy (non-hydrogen) atoms. The number of likely N-dealkylation sites (tertiary alicyclic amines) is 1. The number of hydrogen-bond acceptors (Lipinski definition) is 5. The first kappa shape index (κ1) is 13.6. The number of hydrogen-bond donors (Lipinski definition) is 0. The first-order valence-electron chi connectivity index (χ1n) is 7.92. The lowest BCUT2D eigenvalue weighted by Gasteiger charge is -2.28. The van der Waals surface area contributed by atoms with Crippen LogP contribution in [0.25, 0.3) is 11.0 Å². The van der Waals surface area contributed by atoms with Crippen molar-refractivity contribution >= 4 is 22.8 Å². The smallest absolute Gasteiger partial charge is 0.105 e. The Morgan fingerprint density at radius 1 is 1.29 bits per heavy atom. The van der Waals surface area contributed by atoms with E-state index in [0.29, 0.717) is 0 Å². The van der Waals surface area contributed by atoms with Crippen molar-refractivity contribution in [2.24, 2.45) is 5.92 Å². The summed E-state index contributed by atoms with van der Waals surface area (Å²) in [6.07, 6.45) is 4.36. The SMILES string of the molecule is CN(CCN1C[C@H]2CC[C@@H]1C2)Cc1ccc2nsnc2c1. The summed E-state index contributed by atoms with van der Waals surface area (Å²) < 4.78 is 8.59. The molecule has 2 bridgehead atoms. The summed E-state index contributed by atoms with van der Waals surface area (Å²) in [6, 6.07) is 7.33. The van der Waals surface area contributed by atoms with Gasteiger partial charge in [-0.2, -0.15) is 8.75 Å². The number of fused-ring (bicyclic) bond motifs is 3. The molecule has 0 radical (unpaired) electrons. The van der Waals surface area contributed by atoms with Gasteiger partial charge in [0.15, 0.2) is 0 Å². The molecule has 0 N–H and O–H groups in total. The van der Waals surface area contributed by atoms with Gasteiger partial charge in [-0.05, 0) is 49.9 Å². The van der Waals surface area contributed by atoms with E-state index >= 15 is 0 Å². The first-order valence-corrected chi connectivity index (χ1v) is 8.65. The van der Waals surface area contributed by atoms with Crippen LogP contribution in [0.1, 0.15) is 24.8 Å². The van der Waals surface area contributed by atoms with Gasteiger partial charge in [-0.25, -0.2) is 0 Å². The molecule has 1 aromatic heterocycles. The zero-order chi connectivity index (χ0) is 14.2. The molecule has 5 heteroatoms. The van der Waals surface area contributed by atoms with Gasteiger partial charge < -0.3 is 4.90 Å². The van der Waals surface area contributed by atoms with E-state index < -0.39 is 0 Å². The average molecular weight is 302 g/mol. The molecule has 0 amide bonds. The van der Waals surface area contributed by atoms with Crippen LogP contribution in [0, 0.1) is 5.92 Å². The van der Waals surface area contributed by atoms with Gasteiger partial charge in [0.2, 0.25) is 0 Å². The first-order chi connectivity index (χ1) is 10.3. The van der Waals surface area contributed by atoms with Crippen molar-refractivity contribution in [3.8, 4) is 0 Å². The van der Waals surface area contributed by atoms with Gasteiger partial charge in [0.05, 0.1) is 11.7 Å². The van der Waals surface area contributed by atoms with Crippen LogP contribution >= 0.6 is 11.7 Å². The predicted octanol–water partition coefficient (Wildman–Crippen LogP) is 2.61. The molecule has 112 valence electrons. The predicted molar refractivity (Wildman–Crippen MR) is 86.5 cm³/mol. The van der Waals surface area contributed by atoms with Gasteiger partial charge in [-0.3, -0.25) is 4.90 Å². The molecule has 1 aliphatic heterocycles.